The summed E-state index contributed by atoms with van der Waals surface area (Å²) in [5, 5.41) is 7.51. The fourth-order valence-electron chi connectivity index (χ4n) is 2.11. The van der Waals surface area contributed by atoms with Crippen molar-refractivity contribution in [2.45, 2.75) is 59.5 Å². The number of nitrogens with one attached hydrogen (secondary N) is 1. The first-order valence-corrected chi connectivity index (χ1v) is 7.41. The summed E-state index contributed by atoms with van der Waals surface area (Å²) in [4.78, 5) is 4.49. The molecule has 4 nitrogen and oxygen atoms in total. The summed E-state index contributed by atoms with van der Waals surface area (Å²) >= 11 is 0. The Morgan fingerprint density at radius 1 is 1.24 bits per heavy atom. The van der Waals surface area contributed by atoms with E-state index in [-0.39, 0.29) is 11.5 Å². The van der Waals surface area contributed by atoms with Gasteiger partial charge in [0.2, 0.25) is 5.89 Å². The summed E-state index contributed by atoms with van der Waals surface area (Å²) in [6.07, 6.45) is 0. The van der Waals surface area contributed by atoms with Crippen molar-refractivity contribution in [3.8, 4) is 0 Å². The minimum absolute atomic E-state index is 0.0364. The molecule has 0 aliphatic heterocycles. The summed E-state index contributed by atoms with van der Waals surface area (Å²) in [5.41, 5.74) is 3.80. The van der Waals surface area contributed by atoms with Crippen LogP contribution in [0.25, 0.3) is 0 Å². The molecule has 1 aromatic heterocycles. The average Bonchev–Trinajstić information content (AvgIpc) is 2.87. The van der Waals surface area contributed by atoms with Crippen molar-refractivity contribution >= 4 is 0 Å². The van der Waals surface area contributed by atoms with Crippen molar-refractivity contribution in [3.05, 3.63) is 46.6 Å². The summed E-state index contributed by atoms with van der Waals surface area (Å²) in [6, 6.07) is 6.54. The lowest BCUT2D eigenvalue weighted by Gasteiger charge is -2.13. The summed E-state index contributed by atoms with van der Waals surface area (Å²) in [7, 11) is 0. The van der Waals surface area contributed by atoms with E-state index in [2.05, 4.69) is 68.3 Å². The van der Waals surface area contributed by atoms with Crippen LogP contribution in [0.4, 0.5) is 0 Å². The monoisotopic (exact) mass is 287 g/mol. The zero-order valence-corrected chi connectivity index (χ0v) is 13.8. The third kappa shape index (κ3) is 3.91. The lowest BCUT2D eigenvalue weighted by atomic mass is 9.96. The van der Waals surface area contributed by atoms with Crippen LogP contribution < -0.4 is 5.32 Å². The number of aryl methyl sites for hydroxylation is 2. The molecular formula is C17H25N3O. The summed E-state index contributed by atoms with van der Waals surface area (Å²) in [6.45, 7) is 13.3. The molecule has 21 heavy (non-hydrogen) atoms. The smallest absolute Gasteiger partial charge is 0.243 e. The molecule has 1 atom stereocenters. The number of hydrogen-bond donors (Lipinski definition) is 1. The van der Waals surface area contributed by atoms with E-state index in [9.17, 15) is 0 Å². The van der Waals surface area contributed by atoms with Gasteiger partial charge >= 0.3 is 0 Å². The predicted molar refractivity (Wildman–Crippen MR) is 84.2 cm³/mol. The highest BCUT2D eigenvalue weighted by molar-refractivity contribution is 5.30. The minimum Gasteiger partial charge on any atom is -0.338 e. The Balaban J connectivity index is 2.01. The Kier molecular flexibility index (Phi) is 4.47. The van der Waals surface area contributed by atoms with Gasteiger partial charge in [-0.2, -0.15) is 4.98 Å². The minimum atomic E-state index is -0.0883. The Hall–Kier alpha value is -1.68. The molecular weight excluding hydrogens is 262 g/mol. The van der Waals surface area contributed by atoms with Crippen molar-refractivity contribution in [2.75, 3.05) is 0 Å². The predicted octanol–water partition coefficient (Wildman–Crippen LogP) is 3.83. The number of rotatable bonds is 4. The molecule has 0 saturated heterocycles. The van der Waals surface area contributed by atoms with Gasteiger partial charge in [-0.05, 0) is 31.9 Å². The molecule has 0 aliphatic carbocycles. The lowest BCUT2D eigenvalue weighted by Crippen LogP contribution is -2.19. The molecule has 4 heteroatoms. The fourth-order valence-corrected chi connectivity index (χ4v) is 2.11. The molecule has 1 heterocycles. The maximum absolute atomic E-state index is 5.37. The van der Waals surface area contributed by atoms with E-state index in [1.165, 1.54) is 16.7 Å². The second-order valence-corrected chi connectivity index (χ2v) is 6.74. The maximum atomic E-state index is 5.37. The summed E-state index contributed by atoms with van der Waals surface area (Å²) in [5.74, 6) is 1.39. The molecule has 0 bridgehead atoms. The average molecular weight is 287 g/mol. The second kappa shape index (κ2) is 5.98. The van der Waals surface area contributed by atoms with Crippen molar-refractivity contribution < 1.29 is 4.52 Å². The van der Waals surface area contributed by atoms with Gasteiger partial charge in [-0.25, -0.2) is 0 Å². The summed E-state index contributed by atoms with van der Waals surface area (Å²) < 4.78 is 5.37. The first-order valence-electron chi connectivity index (χ1n) is 7.41. The Morgan fingerprint density at radius 2 is 1.95 bits per heavy atom. The van der Waals surface area contributed by atoms with Gasteiger partial charge in [-0.1, -0.05) is 49.7 Å². The standard InChI is InChI=1S/C17H25N3O/c1-11-7-8-14(12(2)9-11)10-18-13(3)15-19-16(20-21-15)17(4,5)6/h7-9,13,18H,10H2,1-6H3. The number of benzene rings is 1. The highest BCUT2D eigenvalue weighted by atomic mass is 16.5. The molecule has 1 unspecified atom stereocenters. The van der Waals surface area contributed by atoms with Crippen molar-refractivity contribution in [1.82, 2.24) is 15.5 Å². The van der Waals surface area contributed by atoms with E-state index >= 15 is 0 Å². The van der Waals surface area contributed by atoms with E-state index in [4.69, 9.17) is 4.52 Å². The van der Waals surface area contributed by atoms with Crippen LogP contribution in [0.5, 0.6) is 0 Å². The van der Waals surface area contributed by atoms with Crippen LogP contribution in [0.1, 0.15) is 62.1 Å². The highest BCUT2D eigenvalue weighted by Gasteiger charge is 2.22. The number of hydrogen-bond acceptors (Lipinski definition) is 4. The normalized spacial score (nSPS) is 13.4. The Labute approximate surface area is 127 Å². The molecule has 0 amide bonds. The largest absolute Gasteiger partial charge is 0.338 e. The van der Waals surface area contributed by atoms with Gasteiger partial charge in [0.15, 0.2) is 5.82 Å². The van der Waals surface area contributed by atoms with Crippen molar-refractivity contribution in [1.29, 1.82) is 0 Å². The molecule has 0 spiro atoms. The van der Waals surface area contributed by atoms with Crippen LogP contribution in [0.2, 0.25) is 0 Å². The lowest BCUT2D eigenvalue weighted by molar-refractivity contribution is 0.330. The first kappa shape index (κ1) is 15.7. The van der Waals surface area contributed by atoms with Gasteiger partial charge in [0.05, 0.1) is 6.04 Å². The van der Waals surface area contributed by atoms with Crippen LogP contribution >= 0.6 is 0 Å². The van der Waals surface area contributed by atoms with Gasteiger partial charge in [0.25, 0.3) is 0 Å². The van der Waals surface area contributed by atoms with E-state index in [0.29, 0.717) is 5.89 Å². The van der Waals surface area contributed by atoms with Crippen LogP contribution in [-0.2, 0) is 12.0 Å². The van der Waals surface area contributed by atoms with Crippen LogP contribution in [0.15, 0.2) is 22.7 Å². The van der Waals surface area contributed by atoms with Gasteiger partial charge in [-0.15, -0.1) is 0 Å². The molecule has 1 N–H and O–H groups in total. The van der Waals surface area contributed by atoms with Crippen molar-refractivity contribution in [2.24, 2.45) is 0 Å². The molecule has 0 saturated carbocycles. The zero-order chi connectivity index (χ0) is 15.6. The van der Waals surface area contributed by atoms with Crippen LogP contribution in [0.3, 0.4) is 0 Å². The van der Waals surface area contributed by atoms with E-state index in [1.807, 2.05) is 6.92 Å². The van der Waals surface area contributed by atoms with E-state index < -0.39 is 0 Å². The SMILES string of the molecule is Cc1ccc(CNC(C)c2nc(C(C)(C)C)no2)c(C)c1. The van der Waals surface area contributed by atoms with Crippen LogP contribution in [-0.4, -0.2) is 10.1 Å². The van der Waals surface area contributed by atoms with Gasteiger partial charge in [0.1, 0.15) is 0 Å². The maximum Gasteiger partial charge on any atom is 0.243 e. The van der Waals surface area contributed by atoms with Crippen molar-refractivity contribution in [3.63, 3.8) is 0 Å². The molecule has 0 radical (unpaired) electrons. The van der Waals surface area contributed by atoms with E-state index in [0.717, 1.165) is 12.4 Å². The van der Waals surface area contributed by atoms with Gasteiger partial charge < -0.3 is 9.84 Å². The first-order chi connectivity index (χ1) is 9.77. The topological polar surface area (TPSA) is 51.0 Å². The number of aromatic nitrogens is 2. The molecule has 2 aromatic rings. The van der Waals surface area contributed by atoms with Gasteiger partial charge in [0, 0.05) is 12.0 Å². The molecule has 114 valence electrons. The molecule has 0 fully saturated rings. The molecule has 2 rings (SSSR count). The quantitative estimate of drug-likeness (QED) is 0.928. The van der Waals surface area contributed by atoms with E-state index in [1.54, 1.807) is 0 Å². The third-order valence-corrected chi connectivity index (χ3v) is 3.58. The fraction of sp³-hybridized carbons (Fsp3) is 0.529. The van der Waals surface area contributed by atoms with Gasteiger partial charge in [-0.3, -0.25) is 0 Å². The number of nitrogens with zero attached hydrogens (tertiary/aromatic N) is 2. The highest BCUT2D eigenvalue weighted by Crippen LogP contribution is 2.21. The zero-order valence-electron chi connectivity index (χ0n) is 13.8. The Bertz CT molecular complexity index is 611. The molecule has 1 aromatic carbocycles. The Morgan fingerprint density at radius 3 is 2.52 bits per heavy atom. The third-order valence-electron chi connectivity index (χ3n) is 3.58. The second-order valence-electron chi connectivity index (χ2n) is 6.74. The van der Waals surface area contributed by atoms with Crippen LogP contribution in [0, 0.1) is 13.8 Å². The molecule has 0 aliphatic rings.